The molecule has 6 nitrogen and oxygen atoms in total. The molecule has 22 heavy (non-hydrogen) atoms. The van der Waals surface area contributed by atoms with Crippen molar-refractivity contribution in [1.82, 2.24) is 14.5 Å². The molecule has 0 unspecified atom stereocenters. The number of imidazole rings is 1. The van der Waals surface area contributed by atoms with Gasteiger partial charge in [0.05, 0.1) is 11.4 Å². The summed E-state index contributed by atoms with van der Waals surface area (Å²) in [4.78, 5) is 18.5. The molecule has 1 fully saturated rings. The molecule has 1 aliphatic rings. The number of carbonyl (C=O) groups excluding carboxylic acids is 1. The molecule has 1 aromatic heterocycles. The number of nitrogen functional groups attached to an aromatic ring is 1. The number of hydrogen-bond acceptors (Lipinski definition) is 4. The molecule has 1 saturated carbocycles. The monoisotopic (exact) mass is 300 g/mol. The highest BCUT2D eigenvalue weighted by Gasteiger charge is 2.24. The topological polar surface area (TPSA) is 84.4 Å². The molecule has 0 spiro atoms. The predicted octanol–water partition coefficient (Wildman–Crippen LogP) is 2.68. The third-order valence-electron chi connectivity index (χ3n) is 4.30. The number of aromatic hydroxyl groups is 1. The second-order valence-electron chi connectivity index (χ2n) is 5.77. The van der Waals surface area contributed by atoms with Crippen molar-refractivity contribution in [3.05, 3.63) is 30.7 Å². The lowest BCUT2D eigenvalue weighted by Gasteiger charge is -2.23. The van der Waals surface area contributed by atoms with E-state index in [0.717, 1.165) is 18.4 Å². The van der Waals surface area contributed by atoms with Gasteiger partial charge in [-0.05, 0) is 31.0 Å². The lowest BCUT2D eigenvalue weighted by atomic mass is 10.1. The molecule has 0 bridgehead atoms. The summed E-state index contributed by atoms with van der Waals surface area (Å²) >= 11 is 0. The highest BCUT2D eigenvalue weighted by molar-refractivity contribution is 5.78. The number of rotatable bonds is 2. The molecule has 0 saturated heterocycles. The van der Waals surface area contributed by atoms with Crippen LogP contribution in [-0.2, 0) is 0 Å². The van der Waals surface area contributed by atoms with Crippen LogP contribution in [0.1, 0.15) is 25.7 Å². The number of carbonyl (C=O) groups is 1. The number of nitrogens with zero attached hydrogens (tertiary/aromatic N) is 3. The molecule has 1 aromatic carbocycles. The van der Waals surface area contributed by atoms with Gasteiger partial charge in [-0.15, -0.1) is 0 Å². The second-order valence-corrected chi connectivity index (χ2v) is 5.77. The minimum Gasteiger partial charge on any atom is -0.506 e. The van der Waals surface area contributed by atoms with E-state index in [4.69, 9.17) is 5.73 Å². The maximum atomic E-state index is 12.5. The van der Waals surface area contributed by atoms with Crippen molar-refractivity contribution in [2.24, 2.45) is 0 Å². The fourth-order valence-electron chi connectivity index (χ4n) is 2.92. The standard InChI is InChI=1S/C16H20N4O2/c1-19(12-4-2-3-5-12)16(22)20-9-14(18-10-20)11-6-7-15(21)13(17)8-11/h6-10,12,21H,2-5,17H2,1H3. The van der Waals surface area contributed by atoms with Crippen molar-refractivity contribution >= 4 is 11.7 Å². The van der Waals surface area contributed by atoms with Crippen LogP contribution in [0.25, 0.3) is 11.3 Å². The first-order valence-electron chi connectivity index (χ1n) is 7.46. The summed E-state index contributed by atoms with van der Waals surface area (Å²) in [5, 5.41) is 9.47. The fourth-order valence-corrected chi connectivity index (χ4v) is 2.92. The Labute approximate surface area is 129 Å². The Morgan fingerprint density at radius 3 is 2.82 bits per heavy atom. The summed E-state index contributed by atoms with van der Waals surface area (Å²) in [5.74, 6) is 0.0419. The molecule has 1 amide bonds. The summed E-state index contributed by atoms with van der Waals surface area (Å²) in [7, 11) is 1.84. The Morgan fingerprint density at radius 1 is 1.41 bits per heavy atom. The zero-order chi connectivity index (χ0) is 15.7. The Balaban J connectivity index is 1.80. The van der Waals surface area contributed by atoms with E-state index in [1.54, 1.807) is 23.2 Å². The number of benzene rings is 1. The molecule has 0 aliphatic heterocycles. The van der Waals surface area contributed by atoms with Gasteiger partial charge in [0.1, 0.15) is 12.1 Å². The number of hydrogen-bond donors (Lipinski definition) is 2. The van der Waals surface area contributed by atoms with Gasteiger partial charge in [-0.2, -0.15) is 0 Å². The highest BCUT2D eigenvalue weighted by Crippen LogP contribution is 2.27. The maximum absolute atomic E-state index is 12.5. The van der Waals surface area contributed by atoms with Crippen LogP contribution in [0.4, 0.5) is 10.5 Å². The van der Waals surface area contributed by atoms with Crippen LogP contribution in [0, 0.1) is 0 Å². The van der Waals surface area contributed by atoms with Crippen molar-refractivity contribution in [1.29, 1.82) is 0 Å². The van der Waals surface area contributed by atoms with Crippen LogP contribution < -0.4 is 5.73 Å². The Morgan fingerprint density at radius 2 is 2.14 bits per heavy atom. The van der Waals surface area contributed by atoms with Crippen LogP contribution >= 0.6 is 0 Å². The highest BCUT2D eigenvalue weighted by atomic mass is 16.3. The third kappa shape index (κ3) is 2.64. The molecule has 1 aliphatic carbocycles. The van der Waals surface area contributed by atoms with Gasteiger partial charge in [-0.25, -0.2) is 9.78 Å². The first-order chi connectivity index (χ1) is 10.6. The van der Waals surface area contributed by atoms with Gasteiger partial charge in [-0.1, -0.05) is 12.8 Å². The van der Waals surface area contributed by atoms with Crippen LogP contribution in [0.2, 0.25) is 0 Å². The van der Waals surface area contributed by atoms with Crippen LogP contribution in [0.15, 0.2) is 30.7 Å². The lowest BCUT2D eigenvalue weighted by Crippen LogP contribution is -2.37. The summed E-state index contributed by atoms with van der Waals surface area (Å²) in [6, 6.07) is 5.15. The molecule has 116 valence electrons. The molecule has 6 heteroatoms. The van der Waals surface area contributed by atoms with Crippen molar-refractivity contribution in [3.8, 4) is 17.0 Å². The summed E-state index contributed by atoms with van der Waals surface area (Å²) in [5.41, 5.74) is 7.41. The van der Waals surface area contributed by atoms with E-state index in [1.165, 1.54) is 29.8 Å². The SMILES string of the molecule is CN(C(=O)n1cnc(-c2ccc(O)c(N)c2)c1)C1CCCC1. The van der Waals surface area contributed by atoms with E-state index in [9.17, 15) is 9.90 Å². The Kier molecular flexibility index (Phi) is 3.75. The Hall–Kier alpha value is -2.50. The van der Waals surface area contributed by atoms with Crippen molar-refractivity contribution < 1.29 is 9.90 Å². The molecule has 3 N–H and O–H groups in total. The Bertz CT molecular complexity index is 689. The fraction of sp³-hybridized carbons (Fsp3) is 0.375. The van der Waals surface area contributed by atoms with Gasteiger partial charge < -0.3 is 15.7 Å². The van der Waals surface area contributed by atoms with Crippen LogP contribution in [-0.4, -0.2) is 38.7 Å². The van der Waals surface area contributed by atoms with Gasteiger partial charge in [0.25, 0.3) is 0 Å². The molecule has 2 aromatic rings. The molecular weight excluding hydrogens is 280 g/mol. The van der Waals surface area contributed by atoms with E-state index < -0.39 is 0 Å². The minimum absolute atomic E-state index is 0.0419. The van der Waals surface area contributed by atoms with Crippen molar-refractivity contribution in [2.45, 2.75) is 31.7 Å². The predicted molar refractivity (Wildman–Crippen MR) is 84.6 cm³/mol. The average Bonchev–Trinajstić information content (AvgIpc) is 3.19. The normalized spacial score (nSPS) is 15.1. The van der Waals surface area contributed by atoms with Crippen LogP contribution in [0.3, 0.4) is 0 Å². The number of nitrogens with two attached hydrogens (primary N) is 1. The largest absolute Gasteiger partial charge is 0.506 e. The minimum atomic E-state index is -0.0719. The molecule has 0 atom stereocenters. The molecule has 3 rings (SSSR count). The summed E-state index contributed by atoms with van der Waals surface area (Å²) in [6.07, 6.45) is 7.72. The van der Waals surface area contributed by atoms with E-state index in [2.05, 4.69) is 4.98 Å². The zero-order valence-corrected chi connectivity index (χ0v) is 12.6. The van der Waals surface area contributed by atoms with E-state index in [-0.39, 0.29) is 11.8 Å². The van der Waals surface area contributed by atoms with E-state index in [0.29, 0.717) is 17.4 Å². The number of aromatic nitrogens is 2. The summed E-state index contributed by atoms with van der Waals surface area (Å²) in [6.45, 7) is 0. The molecule has 1 heterocycles. The van der Waals surface area contributed by atoms with Gasteiger partial charge in [-0.3, -0.25) is 4.57 Å². The number of anilines is 1. The van der Waals surface area contributed by atoms with Gasteiger partial charge in [0.2, 0.25) is 0 Å². The first kappa shape index (κ1) is 14.4. The van der Waals surface area contributed by atoms with Gasteiger partial charge in [0, 0.05) is 24.8 Å². The average molecular weight is 300 g/mol. The molecular formula is C16H20N4O2. The van der Waals surface area contributed by atoms with E-state index in [1.807, 2.05) is 7.05 Å². The smallest absolute Gasteiger partial charge is 0.329 e. The lowest BCUT2D eigenvalue weighted by molar-refractivity contribution is 0.192. The van der Waals surface area contributed by atoms with E-state index >= 15 is 0 Å². The van der Waals surface area contributed by atoms with Gasteiger partial charge >= 0.3 is 6.03 Å². The van der Waals surface area contributed by atoms with Crippen molar-refractivity contribution in [2.75, 3.05) is 12.8 Å². The first-order valence-corrected chi connectivity index (χ1v) is 7.46. The maximum Gasteiger partial charge on any atom is 0.329 e. The second kappa shape index (κ2) is 5.71. The third-order valence-corrected chi connectivity index (χ3v) is 4.30. The number of amides is 1. The van der Waals surface area contributed by atoms with Crippen molar-refractivity contribution in [3.63, 3.8) is 0 Å². The van der Waals surface area contributed by atoms with Gasteiger partial charge in [0.15, 0.2) is 0 Å². The number of phenols is 1. The molecule has 0 radical (unpaired) electrons. The number of phenolic OH excluding ortho intramolecular Hbond substituents is 1. The summed E-state index contributed by atoms with van der Waals surface area (Å²) < 4.78 is 1.50. The van der Waals surface area contributed by atoms with Crippen LogP contribution in [0.5, 0.6) is 5.75 Å². The zero-order valence-electron chi connectivity index (χ0n) is 12.6. The quantitative estimate of drug-likeness (QED) is 0.659.